The number of fused-ring (bicyclic) bond motifs is 1. The van der Waals surface area contributed by atoms with Gasteiger partial charge in [-0.3, -0.25) is 14.5 Å². The molecular formula is C43H39ClN6O6S2. The zero-order valence-corrected chi connectivity index (χ0v) is 33.9. The van der Waals surface area contributed by atoms with Crippen molar-refractivity contribution in [3.63, 3.8) is 0 Å². The van der Waals surface area contributed by atoms with Crippen LogP contribution in [-0.4, -0.2) is 74.5 Å². The summed E-state index contributed by atoms with van der Waals surface area (Å²) in [4.78, 5) is 52.9. The second kappa shape index (κ2) is 18.5. The largest absolute Gasteiger partial charge is 0.497 e. The molecule has 0 bridgehead atoms. The van der Waals surface area contributed by atoms with Gasteiger partial charge in [-0.25, -0.2) is 4.79 Å². The summed E-state index contributed by atoms with van der Waals surface area (Å²) in [6, 6.07) is 36.2. The predicted octanol–water partition coefficient (Wildman–Crippen LogP) is 6.88. The van der Waals surface area contributed by atoms with Gasteiger partial charge in [0.15, 0.2) is 0 Å². The molecule has 7 rings (SSSR count). The van der Waals surface area contributed by atoms with E-state index in [0.717, 1.165) is 33.8 Å². The van der Waals surface area contributed by atoms with Crippen LogP contribution in [0.5, 0.6) is 5.75 Å². The highest BCUT2D eigenvalue weighted by molar-refractivity contribution is 8.00. The molecule has 296 valence electrons. The van der Waals surface area contributed by atoms with Crippen molar-refractivity contribution in [1.82, 2.24) is 19.6 Å². The Hall–Kier alpha value is -5.96. The average molecular weight is 835 g/mol. The second-order valence-corrected chi connectivity index (χ2v) is 15.1. The van der Waals surface area contributed by atoms with Gasteiger partial charge in [0.1, 0.15) is 41.6 Å². The fourth-order valence-corrected chi connectivity index (χ4v) is 8.75. The van der Waals surface area contributed by atoms with Crippen LogP contribution in [0.25, 0.3) is 0 Å². The highest BCUT2D eigenvalue weighted by atomic mass is 35.5. The average Bonchev–Trinajstić information content (AvgIpc) is 3.74. The van der Waals surface area contributed by atoms with Crippen molar-refractivity contribution < 1.29 is 28.7 Å². The first-order chi connectivity index (χ1) is 28.4. The van der Waals surface area contributed by atoms with Gasteiger partial charge in [-0.1, -0.05) is 120 Å². The summed E-state index contributed by atoms with van der Waals surface area (Å²) in [6.45, 7) is 1.89. The molecule has 1 aromatic heterocycles. The standard InChI is InChI=1S/C43H39ClN6O6S2/c1-3-56-48-34(37-46-42(58-49-37)47-43(30-15-7-4-8-16-30,31-17-9-5-10-18-31)32-19-11-6-12-20-32)38(51)45-35-39(52)50-36(29(14-13-25-44)27-57-40(35)50)41(53)55-26-28-21-23-33(54-2)24-22-28/h4-24,35,40H,3,25-27H2,1-2H3,(H,45,51)(H,46,47,49)/b14-13?,48-34-/t35-,40-/m1/s1. The van der Waals surface area contributed by atoms with Crippen molar-refractivity contribution in [2.24, 2.45) is 5.16 Å². The lowest BCUT2D eigenvalue weighted by atomic mass is 9.77. The van der Waals surface area contributed by atoms with Crippen LogP contribution in [-0.2, 0) is 36.1 Å². The van der Waals surface area contributed by atoms with E-state index in [-0.39, 0.29) is 36.3 Å². The van der Waals surface area contributed by atoms with E-state index in [1.807, 2.05) is 91.0 Å². The molecule has 2 aliphatic rings. The number of carbonyl (C=O) groups is 3. The first-order valence-electron chi connectivity index (χ1n) is 18.4. The number of hydrogen-bond donors (Lipinski definition) is 2. The minimum absolute atomic E-state index is 0.0117. The highest BCUT2D eigenvalue weighted by Crippen LogP contribution is 2.42. The third-order valence-corrected chi connectivity index (χ3v) is 11.6. The number of benzene rings is 4. The van der Waals surface area contributed by atoms with Crippen molar-refractivity contribution in [3.8, 4) is 5.75 Å². The number of carbonyl (C=O) groups excluding carboxylic acids is 3. The number of alkyl halides is 1. The number of ether oxygens (including phenoxy) is 2. The van der Waals surface area contributed by atoms with E-state index >= 15 is 0 Å². The number of nitrogens with one attached hydrogen (secondary N) is 2. The predicted molar refractivity (Wildman–Crippen MR) is 226 cm³/mol. The molecule has 4 aromatic carbocycles. The molecule has 0 spiro atoms. The molecule has 0 unspecified atom stereocenters. The molecule has 5 aromatic rings. The molecule has 0 saturated carbocycles. The van der Waals surface area contributed by atoms with Crippen molar-refractivity contribution in [2.45, 2.75) is 30.5 Å². The van der Waals surface area contributed by atoms with Gasteiger partial charge in [-0.05, 0) is 46.9 Å². The maximum absolute atomic E-state index is 14.0. The lowest BCUT2D eigenvalue weighted by molar-refractivity contribution is -0.153. The Bertz CT molecular complexity index is 2230. The molecule has 0 radical (unpaired) electrons. The Morgan fingerprint density at radius 3 is 2.14 bits per heavy atom. The van der Waals surface area contributed by atoms with E-state index in [1.165, 1.54) is 16.7 Å². The number of halogens is 1. The number of nitrogens with zero attached hydrogens (tertiary/aromatic N) is 4. The molecule has 2 N–H and O–H groups in total. The molecule has 1 saturated heterocycles. The number of allylic oxidation sites excluding steroid dienone is 2. The lowest BCUT2D eigenvalue weighted by Crippen LogP contribution is -2.71. The zero-order chi connectivity index (χ0) is 40.5. The van der Waals surface area contributed by atoms with Crippen LogP contribution in [0.2, 0.25) is 0 Å². The maximum atomic E-state index is 14.0. The molecule has 2 atom stereocenters. The molecule has 15 heteroatoms. The van der Waals surface area contributed by atoms with Crippen molar-refractivity contribution in [2.75, 3.05) is 30.7 Å². The zero-order valence-electron chi connectivity index (χ0n) is 31.5. The molecule has 1 fully saturated rings. The smallest absolute Gasteiger partial charge is 0.355 e. The second-order valence-electron chi connectivity index (χ2n) is 13.0. The maximum Gasteiger partial charge on any atom is 0.355 e. The Morgan fingerprint density at radius 2 is 1.57 bits per heavy atom. The molecule has 58 heavy (non-hydrogen) atoms. The van der Waals surface area contributed by atoms with Crippen LogP contribution in [0.3, 0.4) is 0 Å². The van der Waals surface area contributed by atoms with E-state index in [1.54, 1.807) is 50.5 Å². The number of thioether (sulfide) groups is 1. The van der Waals surface area contributed by atoms with Crippen LogP contribution < -0.4 is 15.4 Å². The fourth-order valence-electron chi connectivity index (χ4n) is 6.72. The topological polar surface area (TPSA) is 144 Å². The number of oxime groups is 1. The van der Waals surface area contributed by atoms with E-state index in [4.69, 9.17) is 30.9 Å². The van der Waals surface area contributed by atoms with Gasteiger partial charge < -0.3 is 24.9 Å². The van der Waals surface area contributed by atoms with Crippen LogP contribution in [0.4, 0.5) is 5.13 Å². The third-order valence-electron chi connectivity index (χ3n) is 9.47. The molecular weight excluding hydrogens is 796 g/mol. The quantitative estimate of drug-likeness (QED) is 0.0270. The van der Waals surface area contributed by atoms with Crippen LogP contribution in [0, 0.1) is 0 Å². The molecule has 12 nitrogen and oxygen atoms in total. The number of rotatable bonds is 16. The Kier molecular flexibility index (Phi) is 12.9. The minimum atomic E-state index is -0.981. The Balaban J connectivity index is 1.13. The van der Waals surface area contributed by atoms with E-state index < -0.39 is 34.7 Å². The summed E-state index contributed by atoms with van der Waals surface area (Å²) in [5.74, 6) is -0.595. The SMILES string of the molecule is CCO/N=C(\C(=O)N[C@@H]1C(=O)N2C(C(=O)OCc3ccc(OC)cc3)=C(C=CCCl)CS[C@H]12)c1nsc(NC(c2ccccc2)(c2ccccc2)c2ccccc2)n1. The molecule has 2 aliphatic heterocycles. The van der Waals surface area contributed by atoms with Gasteiger partial charge in [-0.2, -0.15) is 9.36 Å². The Morgan fingerprint density at radius 1 is 0.948 bits per heavy atom. The normalized spacial score (nSPS) is 16.7. The van der Waals surface area contributed by atoms with Gasteiger partial charge in [-0.15, -0.1) is 23.4 Å². The van der Waals surface area contributed by atoms with E-state index in [0.29, 0.717) is 22.2 Å². The van der Waals surface area contributed by atoms with Gasteiger partial charge in [0.05, 0.1) is 7.11 Å². The summed E-state index contributed by atoms with van der Waals surface area (Å²) in [5, 5.41) is 10.4. The number of aromatic nitrogens is 2. The van der Waals surface area contributed by atoms with Gasteiger partial charge in [0.25, 0.3) is 11.8 Å². The minimum Gasteiger partial charge on any atom is -0.497 e. The first kappa shape index (κ1) is 40.2. The first-order valence-corrected chi connectivity index (χ1v) is 20.7. The molecule has 3 heterocycles. The summed E-state index contributed by atoms with van der Waals surface area (Å²) >= 11 is 8.40. The summed E-state index contributed by atoms with van der Waals surface area (Å²) in [7, 11) is 1.57. The summed E-state index contributed by atoms with van der Waals surface area (Å²) in [6.07, 6.45) is 3.41. The summed E-state index contributed by atoms with van der Waals surface area (Å²) < 4.78 is 15.4. The number of anilines is 1. The van der Waals surface area contributed by atoms with Crippen LogP contribution >= 0.6 is 34.9 Å². The fraction of sp³-hybridized carbons (Fsp3) is 0.209. The summed E-state index contributed by atoms with van der Waals surface area (Å²) in [5.41, 5.74) is 3.22. The monoisotopic (exact) mass is 834 g/mol. The number of esters is 1. The van der Waals surface area contributed by atoms with Gasteiger partial charge >= 0.3 is 5.97 Å². The molecule has 0 aliphatic carbocycles. The van der Waals surface area contributed by atoms with Crippen molar-refractivity contribution in [3.05, 3.63) is 167 Å². The van der Waals surface area contributed by atoms with Crippen molar-refractivity contribution >= 4 is 63.5 Å². The third kappa shape index (κ3) is 8.35. The van der Waals surface area contributed by atoms with Crippen molar-refractivity contribution in [1.29, 1.82) is 0 Å². The van der Waals surface area contributed by atoms with Gasteiger partial charge in [0.2, 0.25) is 16.7 Å². The van der Waals surface area contributed by atoms with Crippen LogP contribution in [0.1, 0.15) is 35.0 Å². The highest BCUT2D eigenvalue weighted by Gasteiger charge is 2.54. The number of hydrogen-bond acceptors (Lipinski definition) is 12. The number of β-lactam (4-membered cyclic amide) rings is 1. The number of amides is 2. The molecule has 2 amide bonds. The van der Waals surface area contributed by atoms with E-state index in [2.05, 4.69) is 20.2 Å². The lowest BCUT2D eigenvalue weighted by Gasteiger charge is -2.49. The Labute approximate surface area is 349 Å². The van der Waals surface area contributed by atoms with Crippen LogP contribution in [0.15, 0.2) is 144 Å². The van der Waals surface area contributed by atoms with Gasteiger partial charge in [0, 0.05) is 23.2 Å². The van der Waals surface area contributed by atoms with E-state index in [9.17, 15) is 14.4 Å². The number of methoxy groups -OCH3 is 1.